The highest BCUT2D eigenvalue weighted by molar-refractivity contribution is 5.79. The van der Waals surface area contributed by atoms with Crippen LogP contribution in [0.5, 0.6) is 0 Å². The third-order valence-electron chi connectivity index (χ3n) is 2.79. The second kappa shape index (κ2) is 3.86. The number of hydrogen-bond donors (Lipinski definition) is 0. The smallest absolute Gasteiger partial charge is 0.0483 e. The molecule has 0 bridgehead atoms. The fourth-order valence-corrected chi connectivity index (χ4v) is 1.99. The second-order valence-electron chi connectivity index (χ2n) is 3.89. The molecule has 0 atom stereocenters. The Morgan fingerprint density at radius 1 is 0.938 bits per heavy atom. The molecule has 0 fully saturated rings. The Labute approximate surface area is 95.0 Å². The van der Waals surface area contributed by atoms with Crippen molar-refractivity contribution in [1.29, 1.82) is 0 Å². The number of fused-ring (bicyclic) bond motifs is 1. The van der Waals surface area contributed by atoms with Crippen LogP contribution in [0.3, 0.4) is 0 Å². The molecule has 0 aliphatic carbocycles. The van der Waals surface area contributed by atoms with Gasteiger partial charge in [0.1, 0.15) is 0 Å². The SMILES string of the molecule is [c]1ccccc1Cn1ccc2ccccc21. The van der Waals surface area contributed by atoms with Crippen LogP contribution in [0.15, 0.2) is 60.8 Å². The van der Waals surface area contributed by atoms with E-state index in [0.717, 1.165) is 6.54 Å². The van der Waals surface area contributed by atoms with E-state index in [2.05, 4.69) is 59.3 Å². The van der Waals surface area contributed by atoms with Crippen LogP contribution >= 0.6 is 0 Å². The van der Waals surface area contributed by atoms with Crippen molar-refractivity contribution in [2.24, 2.45) is 0 Å². The van der Waals surface area contributed by atoms with Crippen molar-refractivity contribution in [2.75, 3.05) is 0 Å². The zero-order valence-corrected chi connectivity index (χ0v) is 8.93. The van der Waals surface area contributed by atoms with Crippen LogP contribution in [-0.2, 0) is 6.54 Å². The maximum atomic E-state index is 3.25. The van der Waals surface area contributed by atoms with Gasteiger partial charge in [0.15, 0.2) is 0 Å². The Kier molecular flexibility index (Phi) is 2.22. The molecule has 16 heavy (non-hydrogen) atoms. The van der Waals surface area contributed by atoms with Crippen LogP contribution < -0.4 is 0 Å². The summed E-state index contributed by atoms with van der Waals surface area (Å²) in [6.45, 7) is 0.883. The second-order valence-corrected chi connectivity index (χ2v) is 3.89. The number of nitrogens with zero attached hydrogens (tertiary/aromatic N) is 1. The molecule has 3 rings (SSSR count). The minimum absolute atomic E-state index is 0.883. The Hall–Kier alpha value is -2.02. The summed E-state index contributed by atoms with van der Waals surface area (Å²) in [7, 11) is 0. The van der Waals surface area contributed by atoms with Crippen molar-refractivity contribution in [3.63, 3.8) is 0 Å². The molecule has 0 saturated carbocycles. The minimum atomic E-state index is 0.883. The highest BCUT2D eigenvalue weighted by Crippen LogP contribution is 2.16. The van der Waals surface area contributed by atoms with Gasteiger partial charge in [0.2, 0.25) is 0 Å². The summed E-state index contributed by atoms with van der Waals surface area (Å²) in [4.78, 5) is 0. The van der Waals surface area contributed by atoms with Gasteiger partial charge in [-0.1, -0.05) is 42.5 Å². The normalized spacial score (nSPS) is 10.8. The lowest BCUT2D eigenvalue weighted by molar-refractivity contribution is 0.836. The standard InChI is InChI=1S/C15H12N/c1-2-6-13(7-3-1)12-16-11-10-14-8-4-5-9-15(14)16/h1-6,8-11H,12H2. The third-order valence-corrected chi connectivity index (χ3v) is 2.79. The van der Waals surface area contributed by atoms with Crippen molar-refractivity contribution < 1.29 is 0 Å². The van der Waals surface area contributed by atoms with Gasteiger partial charge in [-0.3, -0.25) is 0 Å². The van der Waals surface area contributed by atoms with Gasteiger partial charge in [-0.05, 0) is 29.1 Å². The van der Waals surface area contributed by atoms with E-state index in [1.165, 1.54) is 16.5 Å². The minimum Gasteiger partial charge on any atom is -0.343 e. The monoisotopic (exact) mass is 206 g/mol. The summed E-state index contributed by atoms with van der Waals surface area (Å²) in [5, 5.41) is 1.29. The zero-order valence-electron chi connectivity index (χ0n) is 8.93. The van der Waals surface area contributed by atoms with Crippen molar-refractivity contribution in [3.8, 4) is 0 Å². The summed E-state index contributed by atoms with van der Waals surface area (Å²) in [6, 6.07) is 22.0. The first-order chi connectivity index (χ1) is 7.93. The third kappa shape index (κ3) is 1.61. The first kappa shape index (κ1) is 9.22. The highest BCUT2D eigenvalue weighted by Gasteiger charge is 2.00. The molecule has 0 aliphatic rings. The predicted octanol–water partition coefficient (Wildman–Crippen LogP) is 3.49. The van der Waals surface area contributed by atoms with Crippen LogP contribution in [0.25, 0.3) is 10.9 Å². The number of aromatic nitrogens is 1. The summed E-state index contributed by atoms with van der Waals surface area (Å²) < 4.78 is 2.25. The van der Waals surface area contributed by atoms with Gasteiger partial charge in [0, 0.05) is 18.3 Å². The van der Waals surface area contributed by atoms with E-state index < -0.39 is 0 Å². The zero-order chi connectivity index (χ0) is 10.8. The maximum absolute atomic E-state index is 3.25. The Morgan fingerprint density at radius 2 is 1.81 bits per heavy atom. The largest absolute Gasteiger partial charge is 0.343 e. The first-order valence-electron chi connectivity index (χ1n) is 5.43. The molecule has 1 radical (unpaired) electrons. The molecule has 0 aliphatic heterocycles. The van der Waals surface area contributed by atoms with E-state index in [1.807, 2.05) is 12.1 Å². The lowest BCUT2D eigenvalue weighted by Gasteiger charge is -2.04. The molecule has 2 aromatic carbocycles. The Morgan fingerprint density at radius 3 is 2.69 bits per heavy atom. The van der Waals surface area contributed by atoms with Gasteiger partial charge < -0.3 is 4.57 Å². The molecule has 0 N–H and O–H groups in total. The lowest BCUT2D eigenvalue weighted by atomic mass is 10.2. The molecule has 1 nitrogen and oxygen atoms in total. The van der Waals surface area contributed by atoms with Crippen molar-refractivity contribution in [1.82, 2.24) is 4.57 Å². The van der Waals surface area contributed by atoms with Crippen molar-refractivity contribution >= 4 is 10.9 Å². The van der Waals surface area contributed by atoms with Crippen LogP contribution in [0.2, 0.25) is 0 Å². The van der Waals surface area contributed by atoms with Gasteiger partial charge >= 0.3 is 0 Å². The Bertz CT molecular complexity index is 593. The molecule has 0 unspecified atom stereocenters. The summed E-state index contributed by atoms with van der Waals surface area (Å²) in [6.07, 6.45) is 2.13. The lowest BCUT2D eigenvalue weighted by Crippen LogP contribution is -1.97. The van der Waals surface area contributed by atoms with E-state index in [0.29, 0.717) is 0 Å². The summed E-state index contributed by atoms with van der Waals surface area (Å²) in [5.41, 5.74) is 2.49. The van der Waals surface area contributed by atoms with Crippen molar-refractivity contribution in [2.45, 2.75) is 6.54 Å². The molecular weight excluding hydrogens is 194 g/mol. The van der Waals surface area contributed by atoms with Crippen LogP contribution in [0, 0.1) is 6.07 Å². The molecule has 0 amide bonds. The molecule has 3 aromatic rings. The molecular formula is C15H12N. The fourth-order valence-electron chi connectivity index (χ4n) is 1.99. The number of hydrogen-bond acceptors (Lipinski definition) is 0. The molecule has 77 valence electrons. The highest BCUT2D eigenvalue weighted by atomic mass is 14.9. The summed E-state index contributed by atoms with van der Waals surface area (Å²) >= 11 is 0. The average molecular weight is 206 g/mol. The quantitative estimate of drug-likeness (QED) is 0.605. The van der Waals surface area contributed by atoms with Gasteiger partial charge in [0.25, 0.3) is 0 Å². The van der Waals surface area contributed by atoms with Crippen LogP contribution in [0.4, 0.5) is 0 Å². The fraction of sp³-hybridized carbons (Fsp3) is 0.0667. The molecule has 1 heterocycles. The molecule has 0 spiro atoms. The van der Waals surface area contributed by atoms with Gasteiger partial charge in [-0.2, -0.15) is 0 Å². The number of para-hydroxylation sites is 1. The topological polar surface area (TPSA) is 4.93 Å². The first-order valence-corrected chi connectivity index (χ1v) is 5.43. The molecule has 1 heteroatoms. The molecule has 0 saturated heterocycles. The molecule has 1 aromatic heterocycles. The van der Waals surface area contributed by atoms with E-state index in [4.69, 9.17) is 0 Å². The maximum Gasteiger partial charge on any atom is 0.0483 e. The van der Waals surface area contributed by atoms with E-state index in [-0.39, 0.29) is 0 Å². The predicted molar refractivity (Wildman–Crippen MR) is 66.3 cm³/mol. The van der Waals surface area contributed by atoms with Gasteiger partial charge in [0.05, 0.1) is 0 Å². The number of benzene rings is 2. The van der Waals surface area contributed by atoms with Crippen molar-refractivity contribution in [3.05, 3.63) is 72.4 Å². The van der Waals surface area contributed by atoms with Gasteiger partial charge in [-0.15, -0.1) is 0 Å². The average Bonchev–Trinajstić information content (AvgIpc) is 2.74. The van der Waals surface area contributed by atoms with E-state index in [9.17, 15) is 0 Å². The van der Waals surface area contributed by atoms with Crippen LogP contribution in [0.1, 0.15) is 5.56 Å². The summed E-state index contributed by atoms with van der Waals surface area (Å²) in [5.74, 6) is 0. The van der Waals surface area contributed by atoms with Crippen LogP contribution in [-0.4, -0.2) is 4.57 Å². The van der Waals surface area contributed by atoms with E-state index >= 15 is 0 Å². The Balaban J connectivity index is 2.01. The van der Waals surface area contributed by atoms with E-state index in [1.54, 1.807) is 0 Å². The number of rotatable bonds is 2. The van der Waals surface area contributed by atoms with Gasteiger partial charge in [-0.25, -0.2) is 0 Å².